The second kappa shape index (κ2) is 7.58. The van der Waals surface area contributed by atoms with E-state index in [1.165, 1.54) is 6.33 Å². The summed E-state index contributed by atoms with van der Waals surface area (Å²) >= 11 is 0. The van der Waals surface area contributed by atoms with Crippen LogP contribution in [0.2, 0.25) is 0 Å². The van der Waals surface area contributed by atoms with Crippen molar-refractivity contribution < 1.29 is 23.5 Å². The minimum atomic E-state index is -0.675. The number of aromatic nitrogens is 2. The van der Waals surface area contributed by atoms with E-state index in [1.54, 1.807) is 33.8 Å². The topological polar surface area (TPSA) is 104 Å². The first-order chi connectivity index (χ1) is 11.5. The molecule has 1 N–H and O–H groups in total. The molecule has 0 saturated carbocycles. The zero-order valence-electron chi connectivity index (χ0n) is 14.0. The summed E-state index contributed by atoms with van der Waals surface area (Å²) in [4.78, 5) is 32.5. The van der Waals surface area contributed by atoms with Gasteiger partial charge in [0.2, 0.25) is 5.88 Å². The van der Waals surface area contributed by atoms with Gasteiger partial charge in [0.25, 0.3) is 0 Å². The summed E-state index contributed by atoms with van der Waals surface area (Å²) in [5.41, 5.74) is 0.770. The lowest BCUT2D eigenvalue weighted by atomic mass is 10.1. The zero-order chi connectivity index (χ0) is 17.7. The van der Waals surface area contributed by atoms with Crippen molar-refractivity contribution in [2.45, 2.75) is 27.7 Å². The second-order valence-electron chi connectivity index (χ2n) is 4.85. The standard InChI is InChI=1S/C16H19N3O5/c1-5-22-15(20)12-10(4)24-14(13(12)16(21)23-6-2)19-11-7-9(3)17-8-18-11/h7-8H,5-6H2,1-4H3,(H,17,18,19). The lowest BCUT2D eigenvalue weighted by Gasteiger charge is -2.07. The normalized spacial score (nSPS) is 10.3. The number of ether oxygens (including phenoxy) is 2. The van der Waals surface area contributed by atoms with Crippen LogP contribution in [0.4, 0.5) is 11.7 Å². The average Bonchev–Trinajstić information content (AvgIpc) is 2.84. The highest BCUT2D eigenvalue weighted by Gasteiger charge is 2.30. The van der Waals surface area contributed by atoms with Crippen LogP contribution in [0.3, 0.4) is 0 Å². The van der Waals surface area contributed by atoms with Crippen LogP contribution in [0, 0.1) is 13.8 Å². The zero-order valence-corrected chi connectivity index (χ0v) is 14.0. The molecule has 0 saturated heterocycles. The Bertz CT molecular complexity index is 754. The lowest BCUT2D eigenvalue weighted by molar-refractivity contribution is 0.0480. The van der Waals surface area contributed by atoms with Gasteiger partial charge in [-0.05, 0) is 27.7 Å². The highest BCUT2D eigenvalue weighted by atomic mass is 16.5. The number of rotatable bonds is 6. The summed E-state index contributed by atoms with van der Waals surface area (Å²) in [5, 5.41) is 2.88. The van der Waals surface area contributed by atoms with Crippen LogP contribution in [0.25, 0.3) is 0 Å². The summed E-state index contributed by atoms with van der Waals surface area (Å²) in [6.07, 6.45) is 1.38. The molecule has 2 aromatic rings. The molecule has 128 valence electrons. The number of carbonyl (C=O) groups excluding carboxylic acids is 2. The van der Waals surface area contributed by atoms with Crippen molar-refractivity contribution >= 4 is 23.6 Å². The van der Waals surface area contributed by atoms with E-state index in [9.17, 15) is 9.59 Å². The van der Waals surface area contributed by atoms with Crippen molar-refractivity contribution in [3.8, 4) is 0 Å². The Kier molecular flexibility index (Phi) is 5.51. The number of hydrogen-bond acceptors (Lipinski definition) is 8. The van der Waals surface area contributed by atoms with Gasteiger partial charge in [-0.3, -0.25) is 0 Å². The first-order valence-corrected chi connectivity index (χ1v) is 7.51. The minimum absolute atomic E-state index is 0.0101. The number of nitrogens with one attached hydrogen (secondary N) is 1. The van der Waals surface area contributed by atoms with Crippen LogP contribution in [-0.2, 0) is 9.47 Å². The number of furan rings is 1. The molecule has 2 heterocycles. The summed E-state index contributed by atoms with van der Waals surface area (Å²) < 4.78 is 15.6. The molecule has 0 aliphatic carbocycles. The smallest absolute Gasteiger partial charge is 0.344 e. The van der Waals surface area contributed by atoms with E-state index in [1.807, 2.05) is 0 Å². The largest absolute Gasteiger partial charge is 0.462 e. The maximum atomic E-state index is 12.3. The lowest BCUT2D eigenvalue weighted by Crippen LogP contribution is -2.14. The van der Waals surface area contributed by atoms with Gasteiger partial charge in [0.15, 0.2) is 0 Å². The SMILES string of the molecule is CCOC(=O)c1c(C)oc(Nc2cc(C)ncn2)c1C(=O)OCC. The van der Waals surface area contributed by atoms with Crippen molar-refractivity contribution in [2.24, 2.45) is 0 Å². The van der Waals surface area contributed by atoms with E-state index < -0.39 is 11.9 Å². The van der Waals surface area contributed by atoms with E-state index >= 15 is 0 Å². The average molecular weight is 333 g/mol. The third-order valence-corrected chi connectivity index (χ3v) is 3.09. The van der Waals surface area contributed by atoms with E-state index in [4.69, 9.17) is 13.9 Å². The second-order valence-corrected chi connectivity index (χ2v) is 4.85. The van der Waals surface area contributed by atoms with Gasteiger partial charge >= 0.3 is 11.9 Å². The van der Waals surface area contributed by atoms with Crippen LogP contribution >= 0.6 is 0 Å². The van der Waals surface area contributed by atoms with Crippen molar-refractivity contribution in [3.05, 3.63) is 35.0 Å². The molecule has 8 nitrogen and oxygen atoms in total. The monoisotopic (exact) mass is 333 g/mol. The Morgan fingerprint density at radius 2 is 1.71 bits per heavy atom. The molecule has 0 atom stereocenters. The van der Waals surface area contributed by atoms with Gasteiger partial charge in [-0.1, -0.05) is 0 Å². The fourth-order valence-electron chi connectivity index (χ4n) is 2.12. The van der Waals surface area contributed by atoms with Crippen molar-refractivity contribution in [1.82, 2.24) is 9.97 Å². The number of aryl methyl sites for hydroxylation is 2. The molecule has 8 heteroatoms. The molecule has 0 unspecified atom stereocenters. The Morgan fingerprint density at radius 3 is 2.29 bits per heavy atom. The number of hydrogen-bond donors (Lipinski definition) is 1. The quantitative estimate of drug-likeness (QED) is 0.805. The number of anilines is 2. The van der Waals surface area contributed by atoms with Crippen LogP contribution in [0.15, 0.2) is 16.8 Å². The molecule has 0 bridgehead atoms. The van der Waals surface area contributed by atoms with E-state index in [2.05, 4.69) is 15.3 Å². The van der Waals surface area contributed by atoms with Gasteiger partial charge in [-0.15, -0.1) is 0 Å². The minimum Gasteiger partial charge on any atom is -0.462 e. The van der Waals surface area contributed by atoms with Gasteiger partial charge in [0, 0.05) is 11.8 Å². The molecule has 0 aliphatic rings. The Balaban J connectivity index is 2.48. The Hall–Kier alpha value is -2.90. The summed E-state index contributed by atoms with van der Waals surface area (Å²) in [6.45, 7) is 7.08. The highest BCUT2D eigenvalue weighted by molar-refractivity contribution is 6.07. The maximum absolute atomic E-state index is 12.3. The van der Waals surface area contributed by atoms with Crippen LogP contribution in [-0.4, -0.2) is 35.1 Å². The van der Waals surface area contributed by atoms with E-state index in [-0.39, 0.29) is 36.0 Å². The number of nitrogens with zero attached hydrogens (tertiary/aromatic N) is 2. The van der Waals surface area contributed by atoms with E-state index in [0.29, 0.717) is 5.82 Å². The molecule has 0 spiro atoms. The number of carbonyl (C=O) groups is 2. The molecule has 24 heavy (non-hydrogen) atoms. The summed E-state index contributed by atoms with van der Waals surface area (Å²) in [6, 6.07) is 1.68. The molecular weight excluding hydrogens is 314 g/mol. The van der Waals surface area contributed by atoms with Crippen molar-refractivity contribution in [1.29, 1.82) is 0 Å². The van der Waals surface area contributed by atoms with Crippen LogP contribution in [0.5, 0.6) is 0 Å². The van der Waals surface area contributed by atoms with Crippen LogP contribution in [0.1, 0.15) is 46.0 Å². The molecule has 2 rings (SSSR count). The van der Waals surface area contributed by atoms with E-state index in [0.717, 1.165) is 5.69 Å². The van der Waals surface area contributed by atoms with Gasteiger partial charge in [0.05, 0.1) is 13.2 Å². The Morgan fingerprint density at radius 1 is 1.08 bits per heavy atom. The molecule has 0 aromatic carbocycles. The van der Waals surface area contributed by atoms with Gasteiger partial charge < -0.3 is 19.2 Å². The first kappa shape index (κ1) is 17.5. The molecule has 0 amide bonds. The predicted octanol–water partition coefficient (Wildman–Crippen LogP) is 2.78. The summed E-state index contributed by atoms with van der Waals surface area (Å²) in [5.74, 6) is -0.562. The first-order valence-electron chi connectivity index (χ1n) is 7.51. The van der Waals surface area contributed by atoms with Gasteiger partial charge in [-0.25, -0.2) is 19.6 Å². The van der Waals surface area contributed by atoms with Crippen molar-refractivity contribution in [2.75, 3.05) is 18.5 Å². The predicted molar refractivity (Wildman–Crippen MR) is 85.4 cm³/mol. The molecule has 0 aliphatic heterocycles. The Labute approximate surface area is 139 Å². The van der Waals surface area contributed by atoms with Crippen molar-refractivity contribution in [3.63, 3.8) is 0 Å². The molecule has 0 fully saturated rings. The fourth-order valence-corrected chi connectivity index (χ4v) is 2.12. The van der Waals surface area contributed by atoms with Gasteiger partial charge in [0.1, 0.15) is 29.0 Å². The highest BCUT2D eigenvalue weighted by Crippen LogP contribution is 2.30. The molecule has 2 aromatic heterocycles. The number of esters is 2. The third-order valence-electron chi connectivity index (χ3n) is 3.09. The van der Waals surface area contributed by atoms with Crippen LogP contribution < -0.4 is 5.32 Å². The maximum Gasteiger partial charge on any atom is 0.344 e. The van der Waals surface area contributed by atoms with Gasteiger partial charge in [-0.2, -0.15) is 0 Å². The fraction of sp³-hybridized carbons (Fsp3) is 0.375. The third kappa shape index (κ3) is 3.70. The summed E-state index contributed by atoms with van der Waals surface area (Å²) in [7, 11) is 0. The molecular formula is C16H19N3O5. The molecule has 0 radical (unpaired) electrons.